The molecule has 1 heterocycles. The second-order valence-corrected chi connectivity index (χ2v) is 13.7. The lowest BCUT2D eigenvalue weighted by molar-refractivity contribution is 0.673. The van der Waals surface area contributed by atoms with Gasteiger partial charge in [0.05, 0.1) is 0 Å². The number of rotatable bonds is 7. The Labute approximate surface area is 314 Å². The smallest absolute Gasteiger partial charge is 0.143 e. The first-order valence-corrected chi connectivity index (χ1v) is 18.4. The van der Waals surface area contributed by atoms with Gasteiger partial charge in [0.25, 0.3) is 0 Å². The summed E-state index contributed by atoms with van der Waals surface area (Å²) < 4.78 is 6.82. The second-order valence-electron chi connectivity index (χ2n) is 13.7. The van der Waals surface area contributed by atoms with Gasteiger partial charge in [-0.15, -0.1) is 0 Å². The highest BCUT2D eigenvalue weighted by atomic mass is 16.3. The van der Waals surface area contributed by atoms with Crippen LogP contribution in [0.15, 0.2) is 217 Å². The summed E-state index contributed by atoms with van der Waals surface area (Å²) in [7, 11) is 0. The van der Waals surface area contributed by atoms with Crippen LogP contribution >= 0.6 is 0 Å². The van der Waals surface area contributed by atoms with Gasteiger partial charge in [0.2, 0.25) is 0 Å². The Morgan fingerprint density at radius 3 is 1.20 bits per heavy atom. The molecule has 0 aliphatic rings. The van der Waals surface area contributed by atoms with Gasteiger partial charge < -0.3 is 9.32 Å². The molecule has 2 nitrogen and oxygen atoms in total. The van der Waals surface area contributed by atoms with Crippen LogP contribution in [0.3, 0.4) is 0 Å². The topological polar surface area (TPSA) is 16.4 Å². The molecule has 0 bridgehead atoms. The number of furan rings is 1. The normalized spacial score (nSPS) is 11.3. The van der Waals surface area contributed by atoms with Gasteiger partial charge in [-0.05, 0) is 92.4 Å². The maximum atomic E-state index is 6.82. The van der Waals surface area contributed by atoms with E-state index in [0.717, 1.165) is 44.4 Å². The van der Waals surface area contributed by atoms with Crippen molar-refractivity contribution in [3.63, 3.8) is 0 Å². The molecule has 10 aromatic rings. The zero-order chi connectivity index (χ0) is 35.8. The molecule has 0 unspecified atom stereocenters. The van der Waals surface area contributed by atoms with Crippen LogP contribution in [0, 0.1) is 0 Å². The van der Waals surface area contributed by atoms with Crippen molar-refractivity contribution in [1.82, 2.24) is 0 Å². The fourth-order valence-electron chi connectivity index (χ4n) is 7.75. The van der Waals surface area contributed by atoms with E-state index in [2.05, 4.69) is 217 Å². The molecule has 2 heteroatoms. The van der Waals surface area contributed by atoms with Gasteiger partial charge in [-0.2, -0.15) is 0 Å². The zero-order valence-corrected chi connectivity index (χ0v) is 29.6. The van der Waals surface area contributed by atoms with Gasteiger partial charge in [-0.3, -0.25) is 0 Å². The molecule has 54 heavy (non-hydrogen) atoms. The predicted molar refractivity (Wildman–Crippen MR) is 228 cm³/mol. The summed E-state index contributed by atoms with van der Waals surface area (Å²) in [5, 5.41) is 4.50. The maximum Gasteiger partial charge on any atom is 0.143 e. The van der Waals surface area contributed by atoms with Crippen LogP contribution in [0.5, 0.6) is 0 Å². The quantitative estimate of drug-likeness (QED) is 0.166. The van der Waals surface area contributed by atoms with Gasteiger partial charge in [0.15, 0.2) is 0 Å². The van der Waals surface area contributed by atoms with Crippen LogP contribution in [-0.2, 0) is 0 Å². The molecule has 0 aliphatic carbocycles. The Morgan fingerprint density at radius 2 is 0.685 bits per heavy atom. The third-order valence-corrected chi connectivity index (χ3v) is 10.5. The summed E-state index contributed by atoms with van der Waals surface area (Å²) in [5.41, 5.74) is 14.5. The predicted octanol–water partition coefficient (Wildman–Crippen LogP) is 14.9. The van der Waals surface area contributed by atoms with E-state index in [-0.39, 0.29) is 0 Å². The van der Waals surface area contributed by atoms with Crippen molar-refractivity contribution in [2.45, 2.75) is 0 Å². The van der Waals surface area contributed by atoms with Crippen LogP contribution in [0.1, 0.15) is 0 Å². The molecule has 0 saturated carbocycles. The Hall–Kier alpha value is -7.16. The van der Waals surface area contributed by atoms with E-state index in [1.54, 1.807) is 0 Å². The van der Waals surface area contributed by atoms with E-state index in [9.17, 15) is 0 Å². The minimum atomic E-state index is 0.857. The SMILES string of the molecule is c1ccc(-c2ccc(-c3cc4c5ccc(N(c6ccc(-c7ccccc7)cc6)c6ccc(-c7ccccc7)cc6)cc5oc4c4ccccc34)cc2)cc1. The standard InChI is InChI=1S/C52H35NO/c1-4-12-36(13-5-1)39-20-22-42(23-21-39)49-35-50-47-33-32-45(34-51(47)54-52(50)48-19-11-10-18-46(48)49)53(43-28-24-40(25-29-43)37-14-6-2-7-15-37)44-30-26-41(27-31-44)38-16-8-3-9-17-38/h1-35H. The largest absolute Gasteiger partial charge is 0.455 e. The Kier molecular flexibility index (Phi) is 7.85. The van der Waals surface area contributed by atoms with Gasteiger partial charge in [0.1, 0.15) is 11.2 Å². The fraction of sp³-hybridized carbons (Fsp3) is 0. The number of nitrogens with zero attached hydrogens (tertiary/aromatic N) is 1. The minimum absolute atomic E-state index is 0.857. The van der Waals surface area contributed by atoms with Crippen LogP contribution in [0.2, 0.25) is 0 Å². The number of benzene rings is 9. The number of fused-ring (bicyclic) bond motifs is 5. The van der Waals surface area contributed by atoms with Crippen molar-refractivity contribution in [3.8, 4) is 44.5 Å². The van der Waals surface area contributed by atoms with Crippen molar-refractivity contribution < 1.29 is 4.42 Å². The molecule has 10 rings (SSSR count). The first-order chi connectivity index (χ1) is 26.8. The highest BCUT2D eigenvalue weighted by Gasteiger charge is 2.19. The summed E-state index contributed by atoms with van der Waals surface area (Å²) in [6.07, 6.45) is 0. The summed E-state index contributed by atoms with van der Waals surface area (Å²) in [5.74, 6) is 0. The lowest BCUT2D eigenvalue weighted by Gasteiger charge is -2.26. The number of anilines is 3. The average molecular weight is 690 g/mol. The monoisotopic (exact) mass is 689 g/mol. The lowest BCUT2D eigenvalue weighted by atomic mass is 9.94. The highest BCUT2D eigenvalue weighted by molar-refractivity contribution is 6.19. The Balaban J connectivity index is 1.09. The number of hydrogen-bond acceptors (Lipinski definition) is 2. The lowest BCUT2D eigenvalue weighted by Crippen LogP contribution is -2.09. The van der Waals surface area contributed by atoms with E-state index in [4.69, 9.17) is 4.42 Å². The molecule has 1 aromatic heterocycles. The van der Waals surface area contributed by atoms with Crippen molar-refractivity contribution in [2.24, 2.45) is 0 Å². The fourth-order valence-corrected chi connectivity index (χ4v) is 7.75. The summed E-state index contributed by atoms with van der Waals surface area (Å²) in [6, 6.07) is 75.7. The summed E-state index contributed by atoms with van der Waals surface area (Å²) in [4.78, 5) is 2.31. The van der Waals surface area contributed by atoms with Gasteiger partial charge in [0, 0.05) is 39.3 Å². The van der Waals surface area contributed by atoms with Crippen LogP contribution in [0.4, 0.5) is 17.1 Å². The van der Waals surface area contributed by atoms with Gasteiger partial charge in [-0.1, -0.05) is 164 Å². The van der Waals surface area contributed by atoms with E-state index >= 15 is 0 Å². The van der Waals surface area contributed by atoms with Crippen LogP contribution in [-0.4, -0.2) is 0 Å². The summed E-state index contributed by atoms with van der Waals surface area (Å²) in [6.45, 7) is 0. The second kappa shape index (κ2) is 13.4. The molecule has 0 spiro atoms. The highest BCUT2D eigenvalue weighted by Crippen LogP contribution is 2.43. The van der Waals surface area contributed by atoms with E-state index in [1.165, 1.54) is 49.9 Å². The maximum absolute atomic E-state index is 6.82. The Morgan fingerprint density at radius 1 is 0.278 bits per heavy atom. The first kappa shape index (κ1) is 31.6. The third kappa shape index (κ3) is 5.71. The van der Waals surface area contributed by atoms with Crippen molar-refractivity contribution >= 4 is 49.8 Å². The van der Waals surface area contributed by atoms with Crippen LogP contribution in [0.25, 0.3) is 77.2 Å². The molecule has 9 aromatic carbocycles. The van der Waals surface area contributed by atoms with E-state index in [1.807, 2.05) is 0 Å². The molecule has 0 N–H and O–H groups in total. The molecule has 0 amide bonds. The van der Waals surface area contributed by atoms with E-state index in [0.29, 0.717) is 0 Å². The molecule has 254 valence electrons. The van der Waals surface area contributed by atoms with E-state index < -0.39 is 0 Å². The molecule has 0 saturated heterocycles. The molecular weight excluding hydrogens is 655 g/mol. The van der Waals surface area contributed by atoms with Crippen molar-refractivity contribution in [3.05, 3.63) is 212 Å². The van der Waals surface area contributed by atoms with Crippen molar-refractivity contribution in [2.75, 3.05) is 4.90 Å². The number of hydrogen-bond donors (Lipinski definition) is 0. The Bertz CT molecular complexity index is 2790. The zero-order valence-electron chi connectivity index (χ0n) is 29.6. The third-order valence-electron chi connectivity index (χ3n) is 10.5. The molecule has 0 fully saturated rings. The van der Waals surface area contributed by atoms with Crippen LogP contribution < -0.4 is 4.90 Å². The molecule has 0 atom stereocenters. The first-order valence-electron chi connectivity index (χ1n) is 18.4. The molecular formula is C52H35NO. The van der Waals surface area contributed by atoms with Gasteiger partial charge in [-0.25, -0.2) is 0 Å². The van der Waals surface area contributed by atoms with Crippen molar-refractivity contribution in [1.29, 1.82) is 0 Å². The molecule has 0 radical (unpaired) electrons. The van der Waals surface area contributed by atoms with Gasteiger partial charge >= 0.3 is 0 Å². The average Bonchev–Trinajstić information content (AvgIpc) is 3.63. The minimum Gasteiger partial charge on any atom is -0.455 e. The summed E-state index contributed by atoms with van der Waals surface area (Å²) >= 11 is 0. The molecule has 0 aliphatic heterocycles.